The van der Waals surface area contributed by atoms with E-state index in [1.807, 2.05) is 6.92 Å². The lowest BCUT2D eigenvalue weighted by Gasteiger charge is -2.40. The van der Waals surface area contributed by atoms with Crippen LogP contribution in [0.5, 0.6) is 5.88 Å². The number of urea groups is 1. The number of nitrogens with zero attached hydrogens (tertiary/aromatic N) is 5. The van der Waals surface area contributed by atoms with Gasteiger partial charge < -0.3 is 9.64 Å². The molecule has 3 aromatic rings. The minimum Gasteiger partial charge on any atom is -0.468 e. The molecule has 170 valence electrons. The predicted octanol–water partition coefficient (Wildman–Crippen LogP) is 4.55. The maximum Gasteiger partial charge on any atom is 0.341 e. The first-order valence-electron chi connectivity index (χ1n) is 10.2. The molecular weight excluding hydrogens is 455 g/mol. The van der Waals surface area contributed by atoms with Gasteiger partial charge in [0.2, 0.25) is 0 Å². The van der Waals surface area contributed by atoms with Gasteiger partial charge in [0.05, 0.1) is 30.3 Å². The van der Waals surface area contributed by atoms with Crippen molar-refractivity contribution in [3.8, 4) is 17.3 Å². The van der Waals surface area contributed by atoms with Crippen molar-refractivity contribution in [2.24, 2.45) is 5.10 Å². The molecule has 1 fully saturated rings. The first kappa shape index (κ1) is 21.4. The number of thiazole rings is 1. The lowest BCUT2D eigenvalue weighted by atomic mass is 10.0. The third-order valence-electron chi connectivity index (χ3n) is 5.49. The van der Waals surface area contributed by atoms with E-state index in [1.54, 1.807) is 11.6 Å². The Morgan fingerprint density at radius 1 is 1.15 bits per heavy atom. The molecule has 0 aliphatic carbocycles. The molecule has 2 aliphatic rings. The number of benzene rings is 1. The summed E-state index contributed by atoms with van der Waals surface area (Å²) in [7, 11) is 0. The van der Waals surface area contributed by atoms with Gasteiger partial charge in [0, 0.05) is 23.6 Å². The molecule has 0 bridgehead atoms. The normalized spacial score (nSPS) is 18.0. The van der Waals surface area contributed by atoms with Gasteiger partial charge in [0.1, 0.15) is 23.4 Å². The van der Waals surface area contributed by atoms with Gasteiger partial charge in [-0.15, -0.1) is 11.3 Å². The Morgan fingerprint density at radius 2 is 1.91 bits per heavy atom. The SMILES string of the molecule is Cc1scnc1-c1ccc(F)c(OC2CN(C(=O)N3N=CC[C@H]3c3cc(F)cc(F)c3)C2)n1. The van der Waals surface area contributed by atoms with E-state index in [0.717, 1.165) is 10.9 Å². The van der Waals surface area contributed by atoms with Crippen LogP contribution in [-0.2, 0) is 0 Å². The van der Waals surface area contributed by atoms with Gasteiger partial charge in [0.15, 0.2) is 5.82 Å². The quantitative estimate of drug-likeness (QED) is 0.558. The number of hydrogen-bond acceptors (Lipinski definition) is 6. The molecule has 4 heterocycles. The molecule has 0 unspecified atom stereocenters. The topological polar surface area (TPSA) is 70.9 Å². The monoisotopic (exact) mass is 473 g/mol. The number of pyridine rings is 1. The lowest BCUT2D eigenvalue weighted by Crippen LogP contribution is -2.59. The summed E-state index contributed by atoms with van der Waals surface area (Å²) >= 11 is 1.47. The van der Waals surface area contributed by atoms with Crippen LogP contribution in [0.15, 0.2) is 40.9 Å². The van der Waals surface area contributed by atoms with Crippen LogP contribution in [0.3, 0.4) is 0 Å². The number of ether oxygens (including phenoxy) is 1. The van der Waals surface area contributed by atoms with Gasteiger partial charge in [0.25, 0.3) is 5.88 Å². The maximum atomic E-state index is 14.3. The largest absolute Gasteiger partial charge is 0.468 e. The van der Waals surface area contributed by atoms with Crippen molar-refractivity contribution in [3.63, 3.8) is 0 Å². The number of amides is 2. The zero-order valence-corrected chi connectivity index (χ0v) is 18.2. The lowest BCUT2D eigenvalue weighted by molar-refractivity contribution is 0.0231. The fourth-order valence-corrected chi connectivity index (χ4v) is 4.39. The highest BCUT2D eigenvalue weighted by Crippen LogP contribution is 2.32. The molecule has 0 saturated carbocycles. The summed E-state index contributed by atoms with van der Waals surface area (Å²) in [6.07, 6.45) is 1.43. The van der Waals surface area contributed by atoms with Crippen molar-refractivity contribution in [1.82, 2.24) is 19.9 Å². The summed E-state index contributed by atoms with van der Waals surface area (Å²) in [5.74, 6) is -2.18. The molecule has 2 amide bonds. The molecule has 1 saturated heterocycles. The smallest absolute Gasteiger partial charge is 0.341 e. The highest BCUT2D eigenvalue weighted by Gasteiger charge is 2.39. The van der Waals surface area contributed by atoms with E-state index >= 15 is 0 Å². The van der Waals surface area contributed by atoms with Crippen molar-refractivity contribution in [3.05, 3.63) is 63.7 Å². The first-order chi connectivity index (χ1) is 15.9. The standard InChI is InChI=1S/C22H18F3N5O2S/c1-12-20(26-11-33-12)18-3-2-17(25)21(28-18)32-16-9-29(10-16)22(31)30-19(4-5-27-30)13-6-14(23)8-15(24)7-13/h2-3,5-8,11,16,19H,4,9-10H2,1H3/t19-/m0/s1. The number of hydrazone groups is 1. The second kappa shape index (κ2) is 8.47. The Hall–Kier alpha value is -3.47. The van der Waals surface area contributed by atoms with E-state index in [2.05, 4.69) is 15.1 Å². The van der Waals surface area contributed by atoms with Gasteiger partial charge in [-0.3, -0.25) is 0 Å². The molecule has 0 spiro atoms. The molecule has 2 aliphatic heterocycles. The Labute approximate surface area is 191 Å². The van der Waals surface area contributed by atoms with E-state index in [0.29, 0.717) is 23.4 Å². The number of aromatic nitrogens is 2. The van der Waals surface area contributed by atoms with Crippen LogP contribution in [0.4, 0.5) is 18.0 Å². The summed E-state index contributed by atoms with van der Waals surface area (Å²) in [5.41, 5.74) is 3.20. The summed E-state index contributed by atoms with van der Waals surface area (Å²) in [4.78, 5) is 23.8. The molecule has 0 N–H and O–H groups in total. The highest BCUT2D eigenvalue weighted by atomic mass is 32.1. The summed E-state index contributed by atoms with van der Waals surface area (Å²) in [5, 5.41) is 5.28. The Morgan fingerprint density at radius 3 is 2.61 bits per heavy atom. The number of aryl methyl sites for hydroxylation is 1. The van der Waals surface area contributed by atoms with Crippen molar-refractivity contribution in [1.29, 1.82) is 0 Å². The maximum absolute atomic E-state index is 14.3. The minimum absolute atomic E-state index is 0.149. The Bertz CT molecular complexity index is 1220. The third kappa shape index (κ3) is 4.15. The van der Waals surface area contributed by atoms with Gasteiger partial charge in [-0.25, -0.2) is 32.9 Å². The number of carbonyl (C=O) groups is 1. The number of likely N-dealkylation sites (tertiary alicyclic amines) is 1. The van der Waals surface area contributed by atoms with Crippen molar-refractivity contribution in [2.45, 2.75) is 25.5 Å². The van der Waals surface area contributed by atoms with Gasteiger partial charge >= 0.3 is 6.03 Å². The zero-order valence-electron chi connectivity index (χ0n) is 17.4. The van der Waals surface area contributed by atoms with Crippen LogP contribution in [-0.4, -0.2) is 51.3 Å². The van der Waals surface area contributed by atoms with E-state index in [1.165, 1.54) is 45.7 Å². The van der Waals surface area contributed by atoms with Gasteiger partial charge in [-0.2, -0.15) is 5.10 Å². The van der Waals surface area contributed by atoms with Crippen LogP contribution in [0, 0.1) is 24.4 Å². The molecule has 7 nitrogen and oxygen atoms in total. The molecular formula is C22H18F3N5O2S. The molecule has 11 heteroatoms. The molecule has 0 radical (unpaired) electrons. The average molecular weight is 473 g/mol. The first-order valence-corrected chi connectivity index (χ1v) is 11.1. The average Bonchev–Trinajstić information content (AvgIpc) is 3.39. The van der Waals surface area contributed by atoms with E-state index < -0.39 is 35.6 Å². The van der Waals surface area contributed by atoms with Crippen LogP contribution in [0.2, 0.25) is 0 Å². The van der Waals surface area contributed by atoms with Crippen molar-refractivity contribution in [2.75, 3.05) is 13.1 Å². The van der Waals surface area contributed by atoms with Crippen LogP contribution < -0.4 is 4.74 Å². The van der Waals surface area contributed by atoms with Crippen molar-refractivity contribution < 1.29 is 22.7 Å². The van der Waals surface area contributed by atoms with Crippen LogP contribution in [0.1, 0.15) is 22.9 Å². The zero-order chi connectivity index (χ0) is 23.1. The fraction of sp³-hybridized carbons (Fsp3) is 0.273. The van der Waals surface area contributed by atoms with E-state index in [9.17, 15) is 18.0 Å². The molecule has 1 atom stereocenters. The third-order valence-corrected chi connectivity index (χ3v) is 6.25. The summed E-state index contributed by atoms with van der Waals surface area (Å²) < 4.78 is 47.2. The highest BCUT2D eigenvalue weighted by molar-refractivity contribution is 7.10. The van der Waals surface area contributed by atoms with E-state index in [-0.39, 0.29) is 19.0 Å². The van der Waals surface area contributed by atoms with Gasteiger partial charge in [-0.1, -0.05) is 0 Å². The minimum atomic E-state index is -0.716. The number of carbonyl (C=O) groups excluding carboxylic acids is 1. The summed E-state index contributed by atoms with van der Waals surface area (Å²) in [6.45, 7) is 2.31. The molecule has 33 heavy (non-hydrogen) atoms. The molecule has 5 rings (SSSR count). The van der Waals surface area contributed by atoms with Gasteiger partial charge in [-0.05, 0) is 36.8 Å². The second-order valence-electron chi connectivity index (χ2n) is 7.76. The number of rotatable bonds is 4. The second-order valence-corrected chi connectivity index (χ2v) is 8.82. The summed E-state index contributed by atoms with van der Waals surface area (Å²) in [6, 6.07) is 4.97. The predicted molar refractivity (Wildman–Crippen MR) is 115 cm³/mol. The Kier molecular flexibility index (Phi) is 5.49. The molecule has 1 aromatic carbocycles. The van der Waals surface area contributed by atoms with Crippen molar-refractivity contribution >= 4 is 23.6 Å². The van der Waals surface area contributed by atoms with Crippen LogP contribution >= 0.6 is 11.3 Å². The number of halogens is 3. The molecule has 2 aromatic heterocycles. The fourth-order valence-electron chi connectivity index (χ4n) is 3.80. The number of hydrogen-bond donors (Lipinski definition) is 0. The van der Waals surface area contributed by atoms with Crippen LogP contribution in [0.25, 0.3) is 11.4 Å². The van der Waals surface area contributed by atoms with E-state index in [4.69, 9.17) is 4.74 Å². The Balaban J connectivity index is 1.24.